The number of nitrogens with one attached hydrogen (secondary N) is 1. The third-order valence-electron chi connectivity index (χ3n) is 2.82. The van der Waals surface area contributed by atoms with Crippen molar-refractivity contribution in [2.24, 2.45) is 5.92 Å². The minimum atomic E-state index is -0.0747. The van der Waals surface area contributed by atoms with Crippen LogP contribution in [-0.4, -0.2) is 31.3 Å². The van der Waals surface area contributed by atoms with Gasteiger partial charge in [0, 0.05) is 18.7 Å². The molecule has 1 aromatic rings. The molecular weight excluding hydrogens is 230 g/mol. The molecule has 0 radical (unpaired) electrons. The summed E-state index contributed by atoms with van der Waals surface area (Å²) in [6.45, 7) is 2.83. The first-order valence-corrected chi connectivity index (χ1v) is 6.20. The average Bonchev–Trinajstić information content (AvgIpc) is 2.43. The Morgan fingerprint density at radius 1 is 1.39 bits per heavy atom. The van der Waals surface area contributed by atoms with Gasteiger partial charge in [0.15, 0.2) is 0 Å². The zero-order chi connectivity index (χ0) is 13.4. The highest BCUT2D eigenvalue weighted by Gasteiger charge is 2.05. The van der Waals surface area contributed by atoms with E-state index < -0.39 is 0 Å². The Labute approximate surface area is 108 Å². The highest BCUT2D eigenvalue weighted by atomic mass is 16.5. The molecule has 100 valence electrons. The summed E-state index contributed by atoms with van der Waals surface area (Å²) in [5, 5.41) is 11.7. The first kappa shape index (κ1) is 14.5. The maximum atomic E-state index is 11.8. The maximum Gasteiger partial charge on any atom is 0.251 e. The van der Waals surface area contributed by atoms with Gasteiger partial charge in [0.25, 0.3) is 5.91 Å². The van der Waals surface area contributed by atoms with Crippen LogP contribution >= 0.6 is 0 Å². The standard InChI is InChI=1S/C14H21NO3/c1-11(10-16)4-3-9-15-14(17)12-5-7-13(18-2)8-6-12/h5-8,11,16H,3-4,9-10H2,1-2H3,(H,15,17). The molecule has 0 saturated carbocycles. The highest BCUT2D eigenvalue weighted by Crippen LogP contribution is 2.11. The van der Waals surface area contributed by atoms with Crippen molar-refractivity contribution >= 4 is 5.91 Å². The third kappa shape index (κ3) is 4.75. The number of carbonyl (C=O) groups excluding carboxylic acids is 1. The Morgan fingerprint density at radius 3 is 2.61 bits per heavy atom. The molecule has 1 atom stereocenters. The number of hydrogen-bond acceptors (Lipinski definition) is 3. The van der Waals surface area contributed by atoms with Crippen LogP contribution in [0.4, 0.5) is 0 Å². The lowest BCUT2D eigenvalue weighted by molar-refractivity contribution is 0.0952. The van der Waals surface area contributed by atoms with Crippen molar-refractivity contribution in [1.82, 2.24) is 5.32 Å². The smallest absolute Gasteiger partial charge is 0.251 e. The van der Waals surface area contributed by atoms with Crippen molar-refractivity contribution in [2.75, 3.05) is 20.3 Å². The van der Waals surface area contributed by atoms with E-state index in [0.29, 0.717) is 18.0 Å². The maximum absolute atomic E-state index is 11.8. The van der Waals surface area contributed by atoms with Gasteiger partial charge in [-0.2, -0.15) is 0 Å². The molecule has 1 unspecified atom stereocenters. The van der Waals surface area contributed by atoms with Crippen LogP contribution in [0.3, 0.4) is 0 Å². The highest BCUT2D eigenvalue weighted by molar-refractivity contribution is 5.94. The Kier molecular flexibility index (Phi) is 6.22. The monoisotopic (exact) mass is 251 g/mol. The van der Waals surface area contributed by atoms with Gasteiger partial charge in [-0.15, -0.1) is 0 Å². The molecule has 0 aliphatic heterocycles. The zero-order valence-corrected chi connectivity index (χ0v) is 11.0. The number of carbonyl (C=O) groups is 1. The summed E-state index contributed by atoms with van der Waals surface area (Å²) in [6, 6.07) is 7.01. The molecule has 4 nitrogen and oxygen atoms in total. The fourth-order valence-corrected chi connectivity index (χ4v) is 1.59. The predicted octanol–water partition coefficient (Wildman–Crippen LogP) is 1.83. The number of hydrogen-bond donors (Lipinski definition) is 2. The normalized spacial score (nSPS) is 11.9. The van der Waals surface area contributed by atoms with Gasteiger partial charge in [-0.05, 0) is 43.0 Å². The zero-order valence-electron chi connectivity index (χ0n) is 11.0. The molecule has 0 aliphatic rings. The van der Waals surface area contributed by atoms with E-state index in [1.54, 1.807) is 31.4 Å². The quantitative estimate of drug-likeness (QED) is 0.727. The van der Waals surface area contributed by atoms with Gasteiger partial charge in [-0.25, -0.2) is 0 Å². The largest absolute Gasteiger partial charge is 0.497 e. The molecule has 1 amide bonds. The predicted molar refractivity (Wildman–Crippen MR) is 70.8 cm³/mol. The Balaban J connectivity index is 2.31. The van der Waals surface area contributed by atoms with Gasteiger partial charge < -0.3 is 15.2 Å². The molecule has 0 fully saturated rings. The lowest BCUT2D eigenvalue weighted by atomic mass is 10.1. The van der Waals surface area contributed by atoms with E-state index in [1.807, 2.05) is 6.92 Å². The summed E-state index contributed by atoms with van der Waals surface area (Å²) in [5.74, 6) is 0.959. The van der Waals surface area contributed by atoms with Crippen molar-refractivity contribution in [1.29, 1.82) is 0 Å². The third-order valence-corrected chi connectivity index (χ3v) is 2.82. The Hall–Kier alpha value is -1.55. The molecule has 4 heteroatoms. The average molecular weight is 251 g/mol. The van der Waals surface area contributed by atoms with Crippen LogP contribution in [0.15, 0.2) is 24.3 Å². The van der Waals surface area contributed by atoms with Crippen LogP contribution in [0.5, 0.6) is 5.75 Å². The first-order valence-electron chi connectivity index (χ1n) is 6.20. The first-order chi connectivity index (χ1) is 8.67. The van der Waals surface area contributed by atoms with Crippen LogP contribution in [0, 0.1) is 5.92 Å². The number of methoxy groups -OCH3 is 1. The number of aliphatic hydroxyl groups excluding tert-OH is 1. The number of benzene rings is 1. The molecular formula is C14H21NO3. The van der Waals surface area contributed by atoms with Crippen molar-refractivity contribution in [2.45, 2.75) is 19.8 Å². The van der Waals surface area contributed by atoms with Crippen LogP contribution in [-0.2, 0) is 0 Å². The van der Waals surface area contributed by atoms with Crippen molar-refractivity contribution in [3.63, 3.8) is 0 Å². The summed E-state index contributed by atoms with van der Waals surface area (Å²) >= 11 is 0. The van der Waals surface area contributed by atoms with Crippen LogP contribution in [0.1, 0.15) is 30.1 Å². The van der Waals surface area contributed by atoms with Crippen LogP contribution < -0.4 is 10.1 Å². The molecule has 2 N–H and O–H groups in total. The van der Waals surface area contributed by atoms with E-state index in [1.165, 1.54) is 0 Å². The van der Waals surface area contributed by atoms with Crippen molar-refractivity contribution in [3.8, 4) is 5.75 Å². The van der Waals surface area contributed by atoms with E-state index in [4.69, 9.17) is 9.84 Å². The summed E-state index contributed by atoms with van der Waals surface area (Å²) in [4.78, 5) is 11.8. The SMILES string of the molecule is COc1ccc(C(=O)NCCCC(C)CO)cc1. The number of rotatable bonds is 7. The fourth-order valence-electron chi connectivity index (χ4n) is 1.59. The number of amides is 1. The molecule has 0 spiro atoms. The summed E-state index contributed by atoms with van der Waals surface area (Å²) in [5.41, 5.74) is 0.631. The van der Waals surface area contributed by atoms with Crippen molar-refractivity contribution in [3.05, 3.63) is 29.8 Å². The minimum absolute atomic E-state index is 0.0747. The molecule has 1 aromatic carbocycles. The molecule has 0 aromatic heterocycles. The molecule has 0 heterocycles. The van der Waals surface area contributed by atoms with E-state index in [-0.39, 0.29) is 12.5 Å². The minimum Gasteiger partial charge on any atom is -0.497 e. The van der Waals surface area contributed by atoms with Gasteiger partial charge in [-0.3, -0.25) is 4.79 Å². The second-order valence-electron chi connectivity index (χ2n) is 4.41. The van der Waals surface area contributed by atoms with Gasteiger partial charge in [0.2, 0.25) is 0 Å². The summed E-state index contributed by atoms with van der Waals surface area (Å²) in [6.07, 6.45) is 1.79. The van der Waals surface area contributed by atoms with Gasteiger partial charge in [0.1, 0.15) is 5.75 Å². The molecule has 0 saturated heterocycles. The van der Waals surface area contributed by atoms with E-state index in [2.05, 4.69) is 5.32 Å². The Morgan fingerprint density at radius 2 is 2.06 bits per heavy atom. The van der Waals surface area contributed by atoms with E-state index in [0.717, 1.165) is 18.6 Å². The number of aliphatic hydroxyl groups is 1. The van der Waals surface area contributed by atoms with Crippen LogP contribution in [0.25, 0.3) is 0 Å². The lowest BCUT2D eigenvalue weighted by Gasteiger charge is -2.08. The van der Waals surface area contributed by atoms with Gasteiger partial charge in [0.05, 0.1) is 7.11 Å². The number of ether oxygens (including phenoxy) is 1. The second kappa shape index (κ2) is 7.71. The Bertz CT molecular complexity index is 362. The lowest BCUT2D eigenvalue weighted by Crippen LogP contribution is -2.24. The molecule has 18 heavy (non-hydrogen) atoms. The molecule has 0 aliphatic carbocycles. The van der Waals surface area contributed by atoms with E-state index in [9.17, 15) is 4.79 Å². The summed E-state index contributed by atoms with van der Waals surface area (Å²) in [7, 11) is 1.59. The van der Waals surface area contributed by atoms with Gasteiger partial charge in [-0.1, -0.05) is 6.92 Å². The fraction of sp³-hybridized carbons (Fsp3) is 0.500. The van der Waals surface area contributed by atoms with E-state index >= 15 is 0 Å². The molecule has 0 bridgehead atoms. The second-order valence-corrected chi connectivity index (χ2v) is 4.41. The van der Waals surface area contributed by atoms with Gasteiger partial charge >= 0.3 is 0 Å². The summed E-state index contributed by atoms with van der Waals surface area (Å²) < 4.78 is 5.03. The van der Waals surface area contributed by atoms with Crippen LogP contribution in [0.2, 0.25) is 0 Å². The van der Waals surface area contributed by atoms with Crippen molar-refractivity contribution < 1.29 is 14.6 Å². The topological polar surface area (TPSA) is 58.6 Å². The molecule has 1 rings (SSSR count).